The van der Waals surface area contributed by atoms with Gasteiger partial charge in [0.1, 0.15) is 5.75 Å². The van der Waals surface area contributed by atoms with Gasteiger partial charge in [0, 0.05) is 19.1 Å². The average Bonchev–Trinajstić information content (AvgIpc) is 2.91. The molecule has 1 aliphatic heterocycles. The van der Waals surface area contributed by atoms with Crippen molar-refractivity contribution in [2.24, 2.45) is 0 Å². The normalized spacial score (nSPS) is 15.7. The molecule has 2 nitrogen and oxygen atoms in total. The van der Waals surface area contributed by atoms with E-state index in [1.165, 1.54) is 16.7 Å². The molecule has 1 aliphatic rings. The Morgan fingerprint density at radius 1 is 1.09 bits per heavy atom. The fourth-order valence-electron chi connectivity index (χ4n) is 3.16. The summed E-state index contributed by atoms with van der Waals surface area (Å²) in [7, 11) is 0. The van der Waals surface area contributed by atoms with E-state index in [9.17, 15) is 5.11 Å². The van der Waals surface area contributed by atoms with E-state index in [1.807, 2.05) is 25.1 Å². The predicted octanol–water partition coefficient (Wildman–Crippen LogP) is 5.34. The van der Waals surface area contributed by atoms with Crippen LogP contribution in [0.3, 0.4) is 0 Å². The van der Waals surface area contributed by atoms with Crippen molar-refractivity contribution >= 4 is 23.2 Å². The van der Waals surface area contributed by atoms with Gasteiger partial charge in [-0.05, 0) is 67.1 Å². The topological polar surface area (TPSA) is 23.5 Å². The zero-order valence-corrected chi connectivity index (χ0v) is 15.0. The Kier molecular flexibility index (Phi) is 4.86. The highest BCUT2D eigenvalue weighted by molar-refractivity contribution is 6.42. The summed E-state index contributed by atoms with van der Waals surface area (Å²) in [4.78, 5) is 2.46. The highest BCUT2D eigenvalue weighted by atomic mass is 35.5. The van der Waals surface area contributed by atoms with Crippen LogP contribution < -0.4 is 0 Å². The molecule has 122 valence electrons. The summed E-state index contributed by atoms with van der Waals surface area (Å²) in [6, 6.07) is 10.3. The Labute approximate surface area is 147 Å². The maximum Gasteiger partial charge on any atom is 0.118 e. The van der Waals surface area contributed by atoms with Gasteiger partial charge in [0.2, 0.25) is 0 Å². The second-order valence-corrected chi connectivity index (χ2v) is 7.26. The number of fused-ring (bicyclic) bond motifs is 1. The minimum atomic E-state index is 0.366. The van der Waals surface area contributed by atoms with Gasteiger partial charge in [0.15, 0.2) is 0 Å². The molecule has 4 heteroatoms. The summed E-state index contributed by atoms with van der Waals surface area (Å²) in [5.41, 5.74) is 4.78. The molecule has 3 rings (SSSR count). The lowest BCUT2D eigenvalue weighted by molar-refractivity contribution is 0.203. The minimum absolute atomic E-state index is 0.366. The molecule has 0 aromatic heterocycles. The number of phenolic OH excluding ortho intramolecular Hbond substituents is 1. The first kappa shape index (κ1) is 16.6. The number of nitrogens with zero attached hydrogens (tertiary/aromatic N) is 1. The Bertz CT molecular complexity index is 699. The van der Waals surface area contributed by atoms with Crippen molar-refractivity contribution in [3.05, 3.63) is 62.6 Å². The van der Waals surface area contributed by atoms with Crippen molar-refractivity contribution in [3.63, 3.8) is 0 Å². The molecule has 2 aromatic rings. The summed E-state index contributed by atoms with van der Waals surface area (Å²) < 4.78 is 0. The van der Waals surface area contributed by atoms with E-state index >= 15 is 0 Å². The number of phenols is 1. The first-order chi connectivity index (χ1) is 10.9. The number of aromatic hydroxyl groups is 1. The molecule has 0 spiro atoms. The third-order valence-corrected chi connectivity index (χ3v) is 5.45. The van der Waals surface area contributed by atoms with E-state index in [0.717, 1.165) is 31.5 Å². The fourth-order valence-corrected chi connectivity index (χ4v) is 3.53. The van der Waals surface area contributed by atoms with Gasteiger partial charge in [0.25, 0.3) is 0 Å². The number of hydrogen-bond acceptors (Lipinski definition) is 2. The molecular formula is C19H21Cl2NO. The number of rotatable bonds is 4. The smallest absolute Gasteiger partial charge is 0.118 e. The van der Waals surface area contributed by atoms with Crippen LogP contribution in [0.5, 0.6) is 5.75 Å². The minimum Gasteiger partial charge on any atom is -0.508 e. The molecule has 2 aromatic carbocycles. The van der Waals surface area contributed by atoms with Crippen LogP contribution in [0.25, 0.3) is 0 Å². The lowest BCUT2D eigenvalue weighted by Crippen LogP contribution is -2.28. The fraction of sp³-hybridized carbons (Fsp3) is 0.368. The molecule has 1 N–H and O–H groups in total. The van der Waals surface area contributed by atoms with Crippen molar-refractivity contribution in [2.75, 3.05) is 0 Å². The number of hydrogen-bond donors (Lipinski definition) is 1. The summed E-state index contributed by atoms with van der Waals surface area (Å²) in [5, 5.41) is 10.9. The van der Waals surface area contributed by atoms with Crippen LogP contribution in [-0.4, -0.2) is 16.0 Å². The van der Waals surface area contributed by atoms with Crippen molar-refractivity contribution in [1.82, 2.24) is 4.90 Å². The van der Waals surface area contributed by atoms with E-state index in [2.05, 4.69) is 17.9 Å². The standard InChI is InChI=1S/C19H21Cl2NO/c1-12-7-14(5-6-19(12)23)4-3-13(2)22-10-15-8-17(20)18(21)9-16(15)11-22/h5-9,13,23H,3-4,10-11H2,1-2H3/t13-/m1/s1. The second-order valence-electron chi connectivity index (χ2n) is 6.45. The molecule has 0 unspecified atom stereocenters. The molecule has 1 heterocycles. The quantitative estimate of drug-likeness (QED) is 0.804. The average molecular weight is 350 g/mol. The van der Waals surface area contributed by atoms with E-state index in [1.54, 1.807) is 6.07 Å². The van der Waals surface area contributed by atoms with Crippen LogP contribution >= 0.6 is 23.2 Å². The van der Waals surface area contributed by atoms with Gasteiger partial charge < -0.3 is 5.11 Å². The van der Waals surface area contributed by atoms with Gasteiger partial charge in [-0.3, -0.25) is 4.90 Å². The zero-order chi connectivity index (χ0) is 16.6. The molecule has 0 bridgehead atoms. The molecule has 0 radical (unpaired) electrons. The lowest BCUT2D eigenvalue weighted by atomic mass is 10.0. The molecule has 0 fully saturated rings. The van der Waals surface area contributed by atoms with Crippen LogP contribution in [0.1, 0.15) is 35.6 Å². The van der Waals surface area contributed by atoms with Crippen molar-refractivity contribution in [3.8, 4) is 5.75 Å². The molecule has 0 amide bonds. The molecule has 0 saturated heterocycles. The largest absolute Gasteiger partial charge is 0.508 e. The van der Waals surface area contributed by atoms with Gasteiger partial charge in [-0.25, -0.2) is 0 Å². The Hall–Kier alpha value is -1.22. The second kappa shape index (κ2) is 6.72. The van der Waals surface area contributed by atoms with Gasteiger partial charge in [-0.2, -0.15) is 0 Å². The Morgan fingerprint density at radius 3 is 2.26 bits per heavy atom. The summed E-state index contributed by atoms with van der Waals surface area (Å²) in [6.45, 7) is 6.07. The SMILES string of the molecule is Cc1cc(CC[C@@H](C)N2Cc3cc(Cl)c(Cl)cc3C2)ccc1O. The number of benzene rings is 2. The maximum atomic E-state index is 9.61. The van der Waals surface area contributed by atoms with Gasteiger partial charge in [-0.15, -0.1) is 0 Å². The first-order valence-electron chi connectivity index (χ1n) is 7.93. The highest BCUT2D eigenvalue weighted by Crippen LogP contribution is 2.33. The molecule has 0 aliphatic carbocycles. The van der Waals surface area contributed by atoms with Crippen LogP contribution in [0.4, 0.5) is 0 Å². The summed E-state index contributed by atoms with van der Waals surface area (Å²) >= 11 is 12.2. The van der Waals surface area contributed by atoms with E-state index in [0.29, 0.717) is 21.8 Å². The summed E-state index contributed by atoms with van der Waals surface area (Å²) in [5.74, 6) is 0.366. The zero-order valence-electron chi connectivity index (χ0n) is 13.4. The van der Waals surface area contributed by atoms with Crippen LogP contribution in [0, 0.1) is 6.92 Å². The monoisotopic (exact) mass is 349 g/mol. The van der Waals surface area contributed by atoms with Gasteiger partial charge in [0.05, 0.1) is 10.0 Å². The molecule has 1 atom stereocenters. The Morgan fingerprint density at radius 2 is 1.70 bits per heavy atom. The van der Waals surface area contributed by atoms with Crippen molar-refractivity contribution in [1.29, 1.82) is 0 Å². The third kappa shape index (κ3) is 3.65. The van der Waals surface area contributed by atoms with Gasteiger partial charge in [-0.1, -0.05) is 35.3 Å². The maximum absolute atomic E-state index is 9.61. The number of halogens is 2. The van der Waals surface area contributed by atoms with E-state index < -0.39 is 0 Å². The lowest BCUT2D eigenvalue weighted by Gasteiger charge is -2.23. The molecule has 0 saturated carbocycles. The predicted molar refractivity (Wildman–Crippen MR) is 96.3 cm³/mol. The number of aryl methyl sites for hydroxylation is 2. The third-order valence-electron chi connectivity index (χ3n) is 4.72. The summed E-state index contributed by atoms with van der Waals surface area (Å²) in [6.07, 6.45) is 2.09. The van der Waals surface area contributed by atoms with Crippen LogP contribution in [-0.2, 0) is 19.5 Å². The molecular weight excluding hydrogens is 329 g/mol. The highest BCUT2D eigenvalue weighted by Gasteiger charge is 2.24. The van der Waals surface area contributed by atoms with E-state index in [4.69, 9.17) is 23.2 Å². The van der Waals surface area contributed by atoms with Crippen LogP contribution in [0.15, 0.2) is 30.3 Å². The van der Waals surface area contributed by atoms with Crippen LogP contribution in [0.2, 0.25) is 10.0 Å². The van der Waals surface area contributed by atoms with Crippen molar-refractivity contribution in [2.45, 2.75) is 45.8 Å². The van der Waals surface area contributed by atoms with Gasteiger partial charge >= 0.3 is 0 Å². The molecule has 23 heavy (non-hydrogen) atoms. The van der Waals surface area contributed by atoms with Crippen molar-refractivity contribution < 1.29 is 5.11 Å². The Balaban J connectivity index is 1.61. The first-order valence-corrected chi connectivity index (χ1v) is 8.69. The van der Waals surface area contributed by atoms with E-state index in [-0.39, 0.29) is 0 Å².